The third-order valence-electron chi connectivity index (χ3n) is 8.71. The van der Waals surface area contributed by atoms with E-state index in [0.29, 0.717) is 37.0 Å². The Kier molecular flexibility index (Phi) is 10.6. The van der Waals surface area contributed by atoms with Crippen molar-refractivity contribution in [1.29, 1.82) is 0 Å². The largest absolute Gasteiger partial charge is 0.451 e. The number of piperidine rings is 1. The maximum Gasteiger partial charge on any atom is 0.289 e. The number of nitrogens with one attached hydrogen (secondary N) is 4. The van der Waals surface area contributed by atoms with E-state index in [9.17, 15) is 28.4 Å². The highest BCUT2D eigenvalue weighted by molar-refractivity contribution is 6.38. The van der Waals surface area contributed by atoms with E-state index in [2.05, 4.69) is 21.3 Å². The molecule has 1 aliphatic heterocycles. The first kappa shape index (κ1) is 31.9. The van der Waals surface area contributed by atoms with Crippen molar-refractivity contribution in [2.45, 2.75) is 76.4 Å². The van der Waals surface area contributed by atoms with E-state index in [0.717, 1.165) is 37.5 Å². The zero-order chi connectivity index (χ0) is 31.8. The minimum Gasteiger partial charge on any atom is -0.451 e. The van der Waals surface area contributed by atoms with Crippen LogP contribution in [0.5, 0.6) is 0 Å². The lowest BCUT2D eigenvalue weighted by Crippen LogP contribution is -2.55. The number of fused-ring (bicyclic) bond motifs is 1. The van der Waals surface area contributed by atoms with E-state index in [1.165, 1.54) is 24.3 Å². The van der Waals surface area contributed by atoms with Gasteiger partial charge in [-0.25, -0.2) is 4.39 Å². The summed E-state index contributed by atoms with van der Waals surface area (Å²) in [6, 6.07) is 12.0. The molecule has 5 rings (SSSR count). The SMILES string of the molecule is O=C(NCc1ccc(F)cc1)C(=O)[C@H](C[C@@H]1CCCNC1=O)NC(=O)[C@H](CC1CCCCC1)NC(=O)c1cc2ccccc2o1. The molecular weight excluding hydrogens is 579 g/mol. The predicted octanol–water partition coefficient (Wildman–Crippen LogP) is 3.93. The average molecular weight is 619 g/mol. The molecule has 2 aliphatic rings. The number of benzene rings is 2. The third kappa shape index (κ3) is 8.55. The summed E-state index contributed by atoms with van der Waals surface area (Å²) < 4.78 is 19.0. The van der Waals surface area contributed by atoms with Crippen molar-refractivity contribution in [2.75, 3.05) is 6.54 Å². The van der Waals surface area contributed by atoms with Gasteiger partial charge in [-0.2, -0.15) is 0 Å². The lowest BCUT2D eigenvalue weighted by Gasteiger charge is -2.29. The molecule has 2 fully saturated rings. The fraction of sp³-hybridized carbons (Fsp3) is 0.441. The Labute approximate surface area is 260 Å². The topological polar surface area (TPSA) is 147 Å². The molecule has 238 valence electrons. The minimum absolute atomic E-state index is 0.0205. The van der Waals surface area contributed by atoms with E-state index < -0.39 is 47.3 Å². The average Bonchev–Trinajstić information content (AvgIpc) is 3.49. The number of halogens is 1. The van der Waals surface area contributed by atoms with Crippen LogP contribution in [0.2, 0.25) is 0 Å². The molecule has 11 heteroatoms. The molecule has 0 unspecified atom stereocenters. The number of hydrogen-bond acceptors (Lipinski definition) is 6. The molecule has 2 aromatic carbocycles. The van der Waals surface area contributed by atoms with Gasteiger partial charge in [0.25, 0.3) is 11.8 Å². The molecule has 45 heavy (non-hydrogen) atoms. The molecule has 0 bridgehead atoms. The summed E-state index contributed by atoms with van der Waals surface area (Å²) >= 11 is 0. The Morgan fingerprint density at radius 1 is 0.889 bits per heavy atom. The van der Waals surface area contributed by atoms with Crippen molar-refractivity contribution in [3.05, 3.63) is 71.7 Å². The molecule has 1 saturated carbocycles. The van der Waals surface area contributed by atoms with Gasteiger partial charge in [-0.15, -0.1) is 0 Å². The lowest BCUT2D eigenvalue weighted by molar-refractivity contribution is -0.141. The van der Waals surface area contributed by atoms with E-state index in [1.807, 2.05) is 12.1 Å². The number of amides is 4. The highest BCUT2D eigenvalue weighted by Crippen LogP contribution is 2.28. The number of carbonyl (C=O) groups excluding carboxylic acids is 5. The highest BCUT2D eigenvalue weighted by Gasteiger charge is 2.36. The number of furan rings is 1. The predicted molar refractivity (Wildman–Crippen MR) is 164 cm³/mol. The Morgan fingerprint density at radius 3 is 2.38 bits per heavy atom. The first-order valence-electron chi connectivity index (χ1n) is 15.7. The Hall–Kier alpha value is -4.54. The molecule has 1 aromatic heterocycles. The van der Waals surface area contributed by atoms with E-state index in [4.69, 9.17) is 4.42 Å². The second-order valence-corrected chi connectivity index (χ2v) is 12.0. The molecular formula is C34H39FN4O6. The first-order chi connectivity index (χ1) is 21.8. The second-order valence-electron chi connectivity index (χ2n) is 12.0. The smallest absolute Gasteiger partial charge is 0.289 e. The summed E-state index contributed by atoms with van der Waals surface area (Å²) in [6.45, 7) is 0.503. The number of hydrogen-bond donors (Lipinski definition) is 4. The molecule has 4 N–H and O–H groups in total. The standard InChI is InChI=1S/C34H39FN4O6/c35-25-14-12-22(13-15-25)20-37-34(44)30(40)26(18-24-10-6-16-36-31(24)41)38-32(42)27(17-21-7-2-1-3-8-21)39-33(43)29-19-23-9-4-5-11-28(23)45-29/h4-5,9,11-15,19,21,24,26-27H,1-3,6-8,10,16-18,20H2,(H,36,41)(H,37,44)(H,38,42)(H,39,43)/t24-,26-,27-/m0/s1. The molecule has 3 atom stereocenters. The molecule has 2 heterocycles. The van der Waals surface area contributed by atoms with Crippen LogP contribution in [0.15, 0.2) is 59.0 Å². The zero-order valence-corrected chi connectivity index (χ0v) is 25.1. The molecule has 3 aromatic rings. The van der Waals surface area contributed by atoms with Crippen LogP contribution in [0.4, 0.5) is 4.39 Å². The summed E-state index contributed by atoms with van der Waals surface area (Å²) in [7, 11) is 0. The van der Waals surface area contributed by atoms with Gasteiger partial charge >= 0.3 is 0 Å². The van der Waals surface area contributed by atoms with Crippen LogP contribution >= 0.6 is 0 Å². The van der Waals surface area contributed by atoms with Crippen LogP contribution in [0.1, 0.15) is 73.9 Å². The Bertz CT molecular complexity index is 1500. The van der Waals surface area contributed by atoms with Gasteiger partial charge in [0.05, 0.1) is 6.04 Å². The van der Waals surface area contributed by atoms with Crippen LogP contribution in [0.25, 0.3) is 11.0 Å². The van der Waals surface area contributed by atoms with E-state index in [-0.39, 0.29) is 30.6 Å². The molecule has 1 aliphatic carbocycles. The minimum atomic E-state index is -1.29. The quantitative estimate of drug-likeness (QED) is 0.226. The van der Waals surface area contributed by atoms with Gasteiger partial charge < -0.3 is 25.7 Å². The van der Waals surface area contributed by atoms with Crippen molar-refractivity contribution in [2.24, 2.45) is 11.8 Å². The first-order valence-corrected chi connectivity index (χ1v) is 15.7. The monoisotopic (exact) mass is 618 g/mol. The summed E-state index contributed by atoms with van der Waals surface area (Å²) in [6.07, 6.45) is 6.53. The van der Waals surface area contributed by atoms with Crippen LogP contribution in [-0.2, 0) is 25.7 Å². The summed E-state index contributed by atoms with van der Waals surface area (Å²) in [5.74, 6) is -3.98. The number of rotatable bonds is 12. The molecule has 1 saturated heterocycles. The molecule has 4 amide bonds. The third-order valence-corrected chi connectivity index (χ3v) is 8.71. The summed E-state index contributed by atoms with van der Waals surface area (Å²) in [5.41, 5.74) is 1.13. The normalized spacial score (nSPS) is 18.4. The van der Waals surface area contributed by atoms with Crippen LogP contribution < -0.4 is 21.3 Å². The van der Waals surface area contributed by atoms with Crippen LogP contribution in [0, 0.1) is 17.7 Å². The number of ketones is 1. The fourth-order valence-corrected chi connectivity index (χ4v) is 6.19. The molecule has 0 spiro atoms. The fourth-order valence-electron chi connectivity index (χ4n) is 6.19. The van der Waals surface area contributed by atoms with Gasteiger partial charge in [0.1, 0.15) is 17.4 Å². The number of carbonyl (C=O) groups is 5. The van der Waals surface area contributed by atoms with Gasteiger partial charge in [-0.05, 0) is 61.4 Å². The maximum atomic E-state index is 13.9. The Balaban J connectivity index is 1.32. The maximum absolute atomic E-state index is 13.9. The number of para-hydroxylation sites is 1. The van der Waals surface area contributed by atoms with Crippen molar-refractivity contribution >= 4 is 40.4 Å². The number of Topliss-reactive ketones (excluding diaryl/α,β-unsaturated/α-hetero) is 1. The van der Waals surface area contributed by atoms with Crippen LogP contribution in [0.3, 0.4) is 0 Å². The van der Waals surface area contributed by atoms with Crippen LogP contribution in [-0.4, -0.2) is 48.0 Å². The van der Waals surface area contributed by atoms with Gasteiger partial charge in [-0.3, -0.25) is 24.0 Å². The summed E-state index contributed by atoms with van der Waals surface area (Å²) in [4.78, 5) is 66.2. The highest BCUT2D eigenvalue weighted by atomic mass is 19.1. The molecule has 0 radical (unpaired) electrons. The van der Waals surface area contributed by atoms with Gasteiger partial charge in [0.15, 0.2) is 5.76 Å². The van der Waals surface area contributed by atoms with E-state index in [1.54, 1.807) is 18.2 Å². The van der Waals surface area contributed by atoms with Gasteiger partial charge in [0.2, 0.25) is 17.6 Å². The van der Waals surface area contributed by atoms with Crippen molar-refractivity contribution in [1.82, 2.24) is 21.3 Å². The van der Waals surface area contributed by atoms with Crippen molar-refractivity contribution in [3.8, 4) is 0 Å². The van der Waals surface area contributed by atoms with Gasteiger partial charge in [-0.1, -0.05) is 62.4 Å². The lowest BCUT2D eigenvalue weighted by atomic mass is 9.84. The van der Waals surface area contributed by atoms with Gasteiger partial charge in [0, 0.05) is 24.4 Å². The second kappa shape index (κ2) is 15.0. The van der Waals surface area contributed by atoms with Crippen molar-refractivity contribution in [3.63, 3.8) is 0 Å². The summed E-state index contributed by atoms with van der Waals surface area (Å²) in [5, 5.41) is 11.6. The molecule has 10 nitrogen and oxygen atoms in total. The zero-order valence-electron chi connectivity index (χ0n) is 25.1. The van der Waals surface area contributed by atoms with Crippen molar-refractivity contribution < 1.29 is 32.8 Å². The van der Waals surface area contributed by atoms with E-state index >= 15 is 0 Å². The Morgan fingerprint density at radius 2 is 1.64 bits per heavy atom.